The Morgan fingerprint density at radius 1 is 1.17 bits per heavy atom. The Balaban J connectivity index is 1.63. The van der Waals surface area contributed by atoms with E-state index in [1.54, 1.807) is 4.90 Å². The third kappa shape index (κ3) is 5.32. The van der Waals surface area contributed by atoms with Gasteiger partial charge >= 0.3 is 5.63 Å². The number of aromatic nitrogens is 1. The largest absolute Gasteiger partial charge is 0.427 e. The molecule has 1 saturated heterocycles. The van der Waals surface area contributed by atoms with E-state index in [1.165, 1.54) is 5.56 Å². The van der Waals surface area contributed by atoms with E-state index in [2.05, 4.69) is 36.7 Å². The van der Waals surface area contributed by atoms with Crippen molar-refractivity contribution in [3.05, 3.63) is 63.0 Å². The summed E-state index contributed by atoms with van der Waals surface area (Å²) >= 11 is 0. The lowest BCUT2D eigenvalue weighted by molar-refractivity contribution is 0.0621. The monoisotopic (exact) mass is 397 g/mol. The van der Waals surface area contributed by atoms with E-state index in [4.69, 9.17) is 4.42 Å². The van der Waals surface area contributed by atoms with Crippen LogP contribution in [-0.2, 0) is 13.0 Å². The molecule has 1 amide bonds. The van der Waals surface area contributed by atoms with Gasteiger partial charge in [0.2, 0.25) is 0 Å². The van der Waals surface area contributed by atoms with Gasteiger partial charge in [-0.05, 0) is 49.4 Å². The Bertz CT molecular complexity index is 912. The molecule has 0 saturated carbocycles. The predicted octanol–water partition coefficient (Wildman–Crippen LogP) is 3.20. The number of nitrogens with zero attached hydrogens (tertiary/aromatic N) is 3. The maximum atomic E-state index is 13.0. The van der Waals surface area contributed by atoms with Gasteiger partial charge in [-0.15, -0.1) is 0 Å². The molecule has 1 aliphatic heterocycles. The number of carbonyl (C=O) groups excluding carboxylic acids is 1. The van der Waals surface area contributed by atoms with Gasteiger partial charge in [-0.25, -0.2) is 4.79 Å². The lowest BCUT2D eigenvalue weighted by atomic mass is 10.0. The number of hydrogen-bond donors (Lipinski definition) is 0. The van der Waals surface area contributed by atoms with Crippen molar-refractivity contribution in [1.82, 2.24) is 14.8 Å². The zero-order valence-corrected chi connectivity index (χ0v) is 17.9. The Morgan fingerprint density at radius 3 is 2.52 bits per heavy atom. The average molecular weight is 398 g/mol. The molecule has 0 aromatic carbocycles. The van der Waals surface area contributed by atoms with Gasteiger partial charge in [0.25, 0.3) is 5.91 Å². The highest BCUT2D eigenvalue weighted by molar-refractivity contribution is 5.95. The molecule has 0 bridgehead atoms. The van der Waals surface area contributed by atoms with Crippen LogP contribution < -0.4 is 5.63 Å². The van der Waals surface area contributed by atoms with E-state index in [-0.39, 0.29) is 11.5 Å². The smallest absolute Gasteiger partial charge is 0.349 e. The van der Waals surface area contributed by atoms with Gasteiger partial charge in [-0.3, -0.25) is 14.7 Å². The number of carbonyl (C=O) groups is 1. The minimum atomic E-state index is -0.514. The van der Waals surface area contributed by atoms with Crippen LogP contribution >= 0.6 is 0 Å². The maximum Gasteiger partial charge on any atom is 0.349 e. The topological polar surface area (TPSA) is 66.7 Å². The molecule has 0 spiro atoms. The molecule has 156 valence electrons. The van der Waals surface area contributed by atoms with E-state index >= 15 is 0 Å². The van der Waals surface area contributed by atoms with E-state index < -0.39 is 5.63 Å². The summed E-state index contributed by atoms with van der Waals surface area (Å²) in [5.41, 5.74) is 2.61. The second kappa shape index (κ2) is 9.35. The third-order valence-corrected chi connectivity index (χ3v) is 5.53. The number of amides is 1. The van der Waals surface area contributed by atoms with Crippen molar-refractivity contribution in [2.75, 3.05) is 26.2 Å². The molecule has 6 nitrogen and oxygen atoms in total. The Hall–Kier alpha value is -2.47. The van der Waals surface area contributed by atoms with E-state index in [0.717, 1.165) is 31.7 Å². The summed E-state index contributed by atoms with van der Waals surface area (Å²) < 4.78 is 5.44. The molecule has 0 atom stereocenters. The molecule has 29 heavy (non-hydrogen) atoms. The van der Waals surface area contributed by atoms with Gasteiger partial charge in [0, 0.05) is 45.3 Å². The lowest BCUT2D eigenvalue weighted by Gasteiger charge is -2.34. The lowest BCUT2D eigenvalue weighted by Crippen LogP contribution is -2.49. The zero-order chi connectivity index (χ0) is 21.0. The molecule has 0 unspecified atom stereocenters. The van der Waals surface area contributed by atoms with Gasteiger partial charge in [-0.1, -0.05) is 19.9 Å². The van der Waals surface area contributed by atoms with Crippen molar-refractivity contribution in [3.63, 3.8) is 0 Å². The summed E-state index contributed by atoms with van der Waals surface area (Å²) in [6.07, 6.45) is 3.48. The van der Waals surface area contributed by atoms with Gasteiger partial charge in [0.15, 0.2) is 0 Å². The average Bonchev–Trinajstić information content (AvgIpc) is 2.68. The fourth-order valence-corrected chi connectivity index (χ4v) is 3.65. The summed E-state index contributed by atoms with van der Waals surface area (Å²) in [5.74, 6) is 0.974. The second-order valence-corrected chi connectivity index (χ2v) is 8.33. The summed E-state index contributed by atoms with van der Waals surface area (Å²) in [5, 5.41) is 0. The maximum absolute atomic E-state index is 13.0. The quantitative estimate of drug-likeness (QED) is 0.749. The van der Waals surface area contributed by atoms with Gasteiger partial charge in [0.05, 0.1) is 5.69 Å². The summed E-state index contributed by atoms with van der Waals surface area (Å²) in [7, 11) is 0. The van der Waals surface area contributed by atoms with Crippen LogP contribution in [0.5, 0.6) is 0 Å². The van der Waals surface area contributed by atoms with Crippen LogP contribution in [0.3, 0.4) is 0 Å². The molecule has 0 radical (unpaired) electrons. The Kier molecular flexibility index (Phi) is 6.85. The Labute approximate surface area is 172 Å². The first-order valence-electron chi connectivity index (χ1n) is 10.4. The molecule has 3 heterocycles. The van der Waals surface area contributed by atoms with Crippen molar-refractivity contribution in [2.24, 2.45) is 5.92 Å². The van der Waals surface area contributed by atoms with Gasteiger partial charge in [0.1, 0.15) is 11.3 Å². The van der Waals surface area contributed by atoms with Crippen molar-refractivity contribution < 1.29 is 9.21 Å². The number of hydrogen-bond acceptors (Lipinski definition) is 5. The molecule has 0 N–H and O–H groups in total. The van der Waals surface area contributed by atoms with Crippen LogP contribution in [0.2, 0.25) is 0 Å². The summed E-state index contributed by atoms with van der Waals surface area (Å²) in [6.45, 7) is 11.7. The molecule has 2 aromatic rings. The molecule has 1 fully saturated rings. The minimum absolute atomic E-state index is 0.173. The highest BCUT2D eigenvalue weighted by atomic mass is 16.4. The van der Waals surface area contributed by atoms with E-state index in [1.807, 2.05) is 25.3 Å². The molecule has 0 aliphatic carbocycles. The van der Waals surface area contributed by atoms with Crippen LogP contribution in [0.25, 0.3) is 0 Å². The fraction of sp³-hybridized carbons (Fsp3) is 0.522. The normalized spacial score (nSPS) is 15.1. The van der Waals surface area contributed by atoms with Crippen LogP contribution in [0.4, 0.5) is 0 Å². The first kappa shape index (κ1) is 21.2. The first-order chi connectivity index (χ1) is 13.8. The van der Waals surface area contributed by atoms with E-state index in [9.17, 15) is 9.59 Å². The van der Waals surface area contributed by atoms with Crippen LogP contribution in [0.1, 0.15) is 53.2 Å². The van der Waals surface area contributed by atoms with Crippen LogP contribution in [0.15, 0.2) is 33.6 Å². The number of pyridine rings is 1. The van der Waals surface area contributed by atoms with Gasteiger partial charge < -0.3 is 9.32 Å². The van der Waals surface area contributed by atoms with Crippen molar-refractivity contribution in [3.8, 4) is 0 Å². The van der Waals surface area contributed by atoms with Crippen LogP contribution in [-0.4, -0.2) is 46.9 Å². The molecule has 6 heteroatoms. The molecular weight excluding hydrogens is 366 g/mol. The van der Waals surface area contributed by atoms with Crippen molar-refractivity contribution >= 4 is 5.91 Å². The molecule has 3 rings (SSSR count). The second-order valence-electron chi connectivity index (χ2n) is 8.33. The molecule has 1 aliphatic rings. The SMILES string of the molecule is Cc1cccnc1CN1CCN(C(=O)c2c(C)cc(CCC(C)C)oc2=O)CC1. The number of piperazine rings is 1. The first-order valence-corrected chi connectivity index (χ1v) is 10.4. The molecular formula is C23H31N3O3. The fourth-order valence-electron chi connectivity index (χ4n) is 3.65. The highest BCUT2D eigenvalue weighted by Crippen LogP contribution is 2.15. The predicted molar refractivity (Wildman–Crippen MR) is 113 cm³/mol. The Morgan fingerprint density at radius 2 is 1.90 bits per heavy atom. The number of aryl methyl sites for hydroxylation is 3. The van der Waals surface area contributed by atoms with Crippen molar-refractivity contribution in [2.45, 2.75) is 47.1 Å². The zero-order valence-electron chi connectivity index (χ0n) is 17.9. The van der Waals surface area contributed by atoms with E-state index in [0.29, 0.717) is 36.8 Å². The summed E-state index contributed by atoms with van der Waals surface area (Å²) in [6, 6.07) is 5.85. The molecule has 2 aromatic heterocycles. The number of rotatable bonds is 6. The van der Waals surface area contributed by atoms with Crippen molar-refractivity contribution in [1.29, 1.82) is 0 Å². The third-order valence-electron chi connectivity index (χ3n) is 5.53. The van der Waals surface area contributed by atoms with Crippen LogP contribution in [0, 0.1) is 19.8 Å². The summed E-state index contributed by atoms with van der Waals surface area (Å²) in [4.78, 5) is 34.0. The van der Waals surface area contributed by atoms with Gasteiger partial charge in [-0.2, -0.15) is 0 Å². The standard InChI is InChI=1S/C23H31N3O3/c1-16(2)7-8-19-14-18(4)21(23(28)29-19)22(27)26-12-10-25(11-13-26)15-20-17(3)6-5-9-24-20/h5-6,9,14,16H,7-8,10-13,15H2,1-4H3. The highest BCUT2D eigenvalue weighted by Gasteiger charge is 2.26. The minimum Gasteiger partial charge on any atom is -0.427 e.